The van der Waals surface area contributed by atoms with Crippen molar-refractivity contribution in [1.29, 1.82) is 0 Å². The Hall–Kier alpha value is -2.88. The summed E-state index contributed by atoms with van der Waals surface area (Å²) >= 11 is 1.31. The molecule has 3 rings (SSSR count). The molecule has 1 aliphatic carbocycles. The van der Waals surface area contributed by atoms with Gasteiger partial charge < -0.3 is 4.74 Å². The zero-order valence-corrected chi connectivity index (χ0v) is 16.2. The number of hydrogen-bond acceptors (Lipinski definition) is 8. The van der Waals surface area contributed by atoms with Crippen LogP contribution in [0.4, 0.5) is 10.8 Å². The third-order valence-corrected chi connectivity index (χ3v) is 5.52. The largest absolute Gasteiger partial charge is 0.462 e. The van der Waals surface area contributed by atoms with E-state index in [1.165, 1.54) is 23.8 Å². The van der Waals surface area contributed by atoms with Gasteiger partial charge in [-0.3, -0.25) is 20.2 Å². The number of nitrogens with one attached hydrogen (secondary N) is 1. The van der Waals surface area contributed by atoms with Gasteiger partial charge in [0.05, 0.1) is 17.1 Å². The number of carbonyl (C=O) groups is 2. The Balaban J connectivity index is 1.79. The predicted octanol–water partition coefficient (Wildman–Crippen LogP) is 3.92. The van der Waals surface area contributed by atoms with E-state index in [1.807, 2.05) is 0 Å². The van der Waals surface area contributed by atoms with Crippen LogP contribution >= 0.6 is 11.3 Å². The van der Waals surface area contributed by atoms with Crippen LogP contribution in [0.3, 0.4) is 0 Å². The van der Waals surface area contributed by atoms with Crippen LogP contribution in [0.2, 0.25) is 0 Å². The summed E-state index contributed by atoms with van der Waals surface area (Å²) in [6.07, 6.45) is 5.69. The van der Waals surface area contributed by atoms with E-state index in [4.69, 9.17) is 4.74 Å². The molecule has 148 valence electrons. The summed E-state index contributed by atoms with van der Waals surface area (Å²) in [7, 11) is 0. The minimum absolute atomic E-state index is 0.0216. The van der Waals surface area contributed by atoms with Crippen LogP contribution in [0, 0.1) is 10.1 Å². The summed E-state index contributed by atoms with van der Waals surface area (Å²) in [6, 6.07) is 3.46. The average Bonchev–Trinajstić information content (AvgIpc) is 3.17. The van der Waals surface area contributed by atoms with Crippen LogP contribution in [0.15, 0.2) is 18.2 Å². The lowest BCUT2D eigenvalue weighted by Crippen LogP contribution is -2.14. The van der Waals surface area contributed by atoms with Gasteiger partial charge in [-0.15, -0.1) is 10.2 Å². The zero-order valence-electron chi connectivity index (χ0n) is 15.3. The van der Waals surface area contributed by atoms with Crippen molar-refractivity contribution in [2.45, 2.75) is 44.9 Å². The lowest BCUT2D eigenvalue weighted by Gasteiger charge is -2.18. The van der Waals surface area contributed by atoms with Crippen molar-refractivity contribution in [1.82, 2.24) is 10.2 Å². The number of nitro groups is 1. The van der Waals surface area contributed by atoms with Crippen LogP contribution in [0.25, 0.3) is 0 Å². The summed E-state index contributed by atoms with van der Waals surface area (Å²) in [6.45, 7) is 1.75. The summed E-state index contributed by atoms with van der Waals surface area (Å²) in [4.78, 5) is 35.0. The topological polar surface area (TPSA) is 124 Å². The first-order chi connectivity index (χ1) is 13.5. The zero-order chi connectivity index (χ0) is 20.1. The number of esters is 1. The van der Waals surface area contributed by atoms with Gasteiger partial charge in [-0.2, -0.15) is 0 Å². The number of benzene rings is 1. The molecule has 1 aromatic carbocycles. The molecule has 1 aliphatic rings. The first kappa shape index (κ1) is 19.9. The molecule has 0 spiro atoms. The Labute approximate surface area is 165 Å². The van der Waals surface area contributed by atoms with Crippen LogP contribution in [0.5, 0.6) is 0 Å². The molecule has 28 heavy (non-hydrogen) atoms. The van der Waals surface area contributed by atoms with Crippen molar-refractivity contribution in [3.8, 4) is 0 Å². The highest BCUT2D eigenvalue weighted by molar-refractivity contribution is 7.15. The molecule has 0 aliphatic heterocycles. The third-order valence-electron chi connectivity index (χ3n) is 4.52. The van der Waals surface area contributed by atoms with Gasteiger partial charge in [0.1, 0.15) is 5.01 Å². The monoisotopic (exact) mass is 404 g/mol. The van der Waals surface area contributed by atoms with Crippen molar-refractivity contribution in [2.75, 3.05) is 11.9 Å². The lowest BCUT2D eigenvalue weighted by molar-refractivity contribution is -0.384. The maximum absolute atomic E-state index is 12.6. The number of amides is 1. The average molecular weight is 404 g/mol. The number of non-ortho nitro benzene ring substituents is 1. The molecule has 1 aromatic heterocycles. The summed E-state index contributed by atoms with van der Waals surface area (Å²) in [5, 5.41) is 23.2. The number of hydrogen-bond donors (Lipinski definition) is 1. The van der Waals surface area contributed by atoms with Crippen molar-refractivity contribution >= 4 is 34.0 Å². The molecule has 1 saturated carbocycles. The molecule has 2 aromatic rings. The molecular weight excluding hydrogens is 384 g/mol. The van der Waals surface area contributed by atoms with Crippen LogP contribution < -0.4 is 5.32 Å². The van der Waals surface area contributed by atoms with Gasteiger partial charge in [0.25, 0.3) is 11.6 Å². The Bertz CT molecular complexity index is 892. The molecule has 0 unspecified atom stereocenters. The second-order valence-electron chi connectivity index (χ2n) is 6.48. The molecule has 1 N–H and O–H groups in total. The smallest absolute Gasteiger partial charge is 0.338 e. The van der Waals surface area contributed by atoms with Crippen molar-refractivity contribution in [2.24, 2.45) is 0 Å². The SMILES string of the molecule is CCOC(=O)c1cc(C(=O)Nc2nnc(C3CCCCC3)s2)cc([N+](=O)[O-])c1. The van der Waals surface area contributed by atoms with Gasteiger partial charge in [0.15, 0.2) is 0 Å². The molecule has 0 radical (unpaired) electrons. The maximum atomic E-state index is 12.6. The number of carbonyl (C=O) groups excluding carboxylic acids is 2. The van der Waals surface area contributed by atoms with Crippen LogP contribution in [0.1, 0.15) is 70.7 Å². The predicted molar refractivity (Wildman–Crippen MR) is 103 cm³/mol. The molecule has 0 atom stereocenters. The maximum Gasteiger partial charge on any atom is 0.338 e. The number of nitrogens with zero attached hydrogens (tertiary/aromatic N) is 3. The van der Waals surface area contributed by atoms with Gasteiger partial charge in [-0.05, 0) is 25.8 Å². The van der Waals surface area contributed by atoms with Crippen LogP contribution in [-0.2, 0) is 4.74 Å². The number of nitro benzene ring substituents is 1. The normalized spacial score (nSPS) is 14.5. The van der Waals surface area contributed by atoms with E-state index in [2.05, 4.69) is 15.5 Å². The van der Waals surface area contributed by atoms with E-state index >= 15 is 0 Å². The fourth-order valence-electron chi connectivity index (χ4n) is 3.15. The first-order valence-corrected chi connectivity index (χ1v) is 9.91. The highest BCUT2D eigenvalue weighted by Gasteiger charge is 2.22. The third kappa shape index (κ3) is 4.69. The molecule has 1 heterocycles. The molecule has 1 fully saturated rings. The molecule has 1 amide bonds. The van der Waals surface area contributed by atoms with Gasteiger partial charge in [-0.25, -0.2) is 4.79 Å². The van der Waals surface area contributed by atoms with Crippen molar-refractivity contribution in [3.63, 3.8) is 0 Å². The van der Waals surface area contributed by atoms with Gasteiger partial charge in [0.2, 0.25) is 5.13 Å². The van der Waals surface area contributed by atoms with Gasteiger partial charge in [-0.1, -0.05) is 30.6 Å². The highest BCUT2D eigenvalue weighted by Crippen LogP contribution is 2.35. The first-order valence-electron chi connectivity index (χ1n) is 9.09. The van der Waals surface area contributed by atoms with Crippen molar-refractivity contribution in [3.05, 3.63) is 44.4 Å². The standard InChI is InChI=1S/C18H20N4O5S/c1-2-27-17(24)13-8-12(9-14(10-13)22(25)26)15(23)19-18-21-20-16(28-18)11-6-4-3-5-7-11/h8-11H,2-7H2,1H3,(H,19,21,23). The summed E-state index contributed by atoms with van der Waals surface area (Å²) in [5.74, 6) is -0.957. The molecule has 10 heteroatoms. The number of anilines is 1. The lowest BCUT2D eigenvalue weighted by atomic mass is 9.90. The van der Waals surface area contributed by atoms with E-state index < -0.39 is 16.8 Å². The second-order valence-corrected chi connectivity index (χ2v) is 7.49. The molecule has 0 bridgehead atoms. The quantitative estimate of drug-likeness (QED) is 0.439. The Morgan fingerprint density at radius 1 is 1.21 bits per heavy atom. The van der Waals surface area contributed by atoms with E-state index in [9.17, 15) is 19.7 Å². The van der Waals surface area contributed by atoms with E-state index in [0.717, 1.165) is 42.8 Å². The van der Waals surface area contributed by atoms with E-state index in [1.54, 1.807) is 6.92 Å². The Kier molecular flexibility index (Phi) is 6.30. The van der Waals surface area contributed by atoms with Gasteiger partial charge >= 0.3 is 5.97 Å². The van der Waals surface area contributed by atoms with E-state index in [-0.39, 0.29) is 23.4 Å². The van der Waals surface area contributed by atoms with Crippen LogP contribution in [-0.4, -0.2) is 33.6 Å². The molecule has 0 saturated heterocycles. The Morgan fingerprint density at radius 2 is 1.93 bits per heavy atom. The molecular formula is C18H20N4O5S. The van der Waals surface area contributed by atoms with Gasteiger partial charge in [0, 0.05) is 23.6 Å². The minimum Gasteiger partial charge on any atom is -0.462 e. The fourth-order valence-corrected chi connectivity index (χ4v) is 4.06. The summed E-state index contributed by atoms with van der Waals surface area (Å²) < 4.78 is 4.87. The minimum atomic E-state index is -0.726. The Morgan fingerprint density at radius 3 is 2.61 bits per heavy atom. The summed E-state index contributed by atoms with van der Waals surface area (Å²) in [5.41, 5.74) is -0.441. The van der Waals surface area contributed by atoms with E-state index in [0.29, 0.717) is 11.0 Å². The number of rotatable bonds is 6. The fraction of sp³-hybridized carbons (Fsp3) is 0.444. The number of ether oxygens (including phenoxy) is 1. The molecule has 9 nitrogen and oxygen atoms in total. The highest BCUT2D eigenvalue weighted by atomic mass is 32.1. The van der Waals surface area contributed by atoms with Crippen molar-refractivity contribution < 1.29 is 19.2 Å². The number of aromatic nitrogens is 2. The second kappa shape index (κ2) is 8.87.